The summed E-state index contributed by atoms with van der Waals surface area (Å²) in [4.78, 5) is 4.16. The smallest absolute Gasteiger partial charge is 0.119 e. The van der Waals surface area contributed by atoms with Crippen molar-refractivity contribution in [3.05, 3.63) is 58.3 Å². The van der Waals surface area contributed by atoms with Crippen molar-refractivity contribution in [1.82, 2.24) is 10.3 Å². The van der Waals surface area contributed by atoms with E-state index in [4.69, 9.17) is 4.74 Å². The number of pyridine rings is 1. The van der Waals surface area contributed by atoms with Crippen LogP contribution in [0.25, 0.3) is 0 Å². The summed E-state index contributed by atoms with van der Waals surface area (Å²) in [5.41, 5.74) is 2.37. The molecular weight excluding hydrogens is 304 g/mol. The highest BCUT2D eigenvalue weighted by Gasteiger charge is 2.06. The fourth-order valence-corrected chi connectivity index (χ4v) is 2.26. The molecule has 0 saturated carbocycles. The molecule has 1 atom stereocenters. The zero-order valence-corrected chi connectivity index (χ0v) is 12.6. The lowest BCUT2D eigenvalue weighted by molar-refractivity contribution is 0.413. The van der Waals surface area contributed by atoms with E-state index < -0.39 is 0 Å². The van der Waals surface area contributed by atoms with Gasteiger partial charge in [-0.05, 0) is 52.2 Å². The summed E-state index contributed by atoms with van der Waals surface area (Å²) in [6, 6.07) is 10.4. The summed E-state index contributed by atoms with van der Waals surface area (Å²) in [5.74, 6) is 0.885. The summed E-state index contributed by atoms with van der Waals surface area (Å²) in [5, 5.41) is 3.48. The van der Waals surface area contributed by atoms with Gasteiger partial charge in [0, 0.05) is 29.5 Å². The topological polar surface area (TPSA) is 34.1 Å². The molecule has 1 aromatic heterocycles. The van der Waals surface area contributed by atoms with E-state index in [2.05, 4.69) is 51.4 Å². The van der Waals surface area contributed by atoms with Crippen molar-refractivity contribution < 1.29 is 4.74 Å². The second-order valence-electron chi connectivity index (χ2n) is 4.39. The van der Waals surface area contributed by atoms with Gasteiger partial charge in [-0.1, -0.05) is 12.1 Å². The molecule has 0 spiro atoms. The molecular formula is C15H17BrN2O. The average Bonchev–Trinajstić information content (AvgIpc) is 2.45. The normalized spacial score (nSPS) is 12.2. The lowest BCUT2D eigenvalue weighted by Gasteiger charge is -2.15. The molecule has 3 nitrogen and oxygen atoms in total. The molecule has 0 fully saturated rings. The van der Waals surface area contributed by atoms with Crippen molar-refractivity contribution in [3.8, 4) is 5.75 Å². The Kier molecular flexibility index (Phi) is 4.93. The number of benzene rings is 1. The maximum atomic E-state index is 5.24. The lowest BCUT2D eigenvalue weighted by Crippen LogP contribution is -2.18. The number of ether oxygens (including phenoxy) is 1. The zero-order chi connectivity index (χ0) is 13.7. The third-order valence-electron chi connectivity index (χ3n) is 2.97. The molecule has 0 aliphatic rings. The van der Waals surface area contributed by atoms with Crippen molar-refractivity contribution in [3.63, 3.8) is 0 Å². The molecule has 0 amide bonds. The fraction of sp³-hybridized carbons (Fsp3) is 0.267. The number of methoxy groups -OCH3 is 1. The highest BCUT2D eigenvalue weighted by molar-refractivity contribution is 9.10. The van der Waals surface area contributed by atoms with Crippen LogP contribution in [0.2, 0.25) is 0 Å². The first kappa shape index (κ1) is 14.0. The Hall–Kier alpha value is -1.39. The largest absolute Gasteiger partial charge is 0.497 e. The van der Waals surface area contributed by atoms with E-state index in [1.165, 1.54) is 5.56 Å². The molecule has 1 unspecified atom stereocenters. The van der Waals surface area contributed by atoms with Gasteiger partial charge >= 0.3 is 0 Å². The van der Waals surface area contributed by atoms with Gasteiger partial charge in [-0.15, -0.1) is 0 Å². The molecule has 0 aliphatic carbocycles. The number of aromatic nitrogens is 1. The molecule has 0 saturated heterocycles. The Morgan fingerprint density at radius 2 is 2.16 bits per heavy atom. The van der Waals surface area contributed by atoms with Crippen molar-refractivity contribution >= 4 is 15.9 Å². The van der Waals surface area contributed by atoms with Gasteiger partial charge in [-0.25, -0.2) is 0 Å². The molecule has 2 aromatic rings. The third kappa shape index (κ3) is 4.04. The van der Waals surface area contributed by atoms with E-state index in [-0.39, 0.29) is 6.04 Å². The highest BCUT2D eigenvalue weighted by atomic mass is 79.9. The van der Waals surface area contributed by atoms with Gasteiger partial charge < -0.3 is 10.1 Å². The molecule has 0 aliphatic heterocycles. The molecule has 1 aromatic carbocycles. The summed E-state index contributed by atoms with van der Waals surface area (Å²) in [7, 11) is 1.68. The van der Waals surface area contributed by atoms with Crippen LogP contribution in [0.5, 0.6) is 5.75 Å². The number of nitrogens with one attached hydrogen (secondary N) is 1. The first-order chi connectivity index (χ1) is 9.19. The number of nitrogens with zero attached hydrogens (tertiary/aromatic N) is 1. The Bertz CT molecular complexity index is 545. The second-order valence-corrected chi connectivity index (χ2v) is 5.31. The molecule has 4 heteroatoms. The van der Waals surface area contributed by atoms with E-state index in [1.54, 1.807) is 13.3 Å². The Morgan fingerprint density at radius 3 is 2.89 bits per heavy atom. The van der Waals surface area contributed by atoms with Crippen LogP contribution in [-0.2, 0) is 6.54 Å². The van der Waals surface area contributed by atoms with E-state index in [0.29, 0.717) is 0 Å². The monoisotopic (exact) mass is 320 g/mol. The van der Waals surface area contributed by atoms with Crippen LogP contribution in [0.15, 0.2) is 47.2 Å². The molecule has 0 bridgehead atoms. The summed E-state index contributed by atoms with van der Waals surface area (Å²) >= 11 is 3.43. The molecule has 100 valence electrons. The fourth-order valence-electron chi connectivity index (χ4n) is 1.85. The molecule has 0 radical (unpaired) electrons. The SMILES string of the molecule is COc1cccc(C(C)NCc2cncc(Br)c2)c1. The maximum Gasteiger partial charge on any atom is 0.119 e. The van der Waals surface area contributed by atoms with Crippen LogP contribution in [0, 0.1) is 0 Å². The van der Waals surface area contributed by atoms with Crippen LogP contribution < -0.4 is 10.1 Å². The minimum Gasteiger partial charge on any atom is -0.497 e. The number of hydrogen-bond donors (Lipinski definition) is 1. The summed E-state index contributed by atoms with van der Waals surface area (Å²) < 4.78 is 6.24. The number of hydrogen-bond acceptors (Lipinski definition) is 3. The summed E-state index contributed by atoms with van der Waals surface area (Å²) in [6.07, 6.45) is 3.66. The highest BCUT2D eigenvalue weighted by Crippen LogP contribution is 2.19. The van der Waals surface area contributed by atoms with Crippen molar-refractivity contribution in [1.29, 1.82) is 0 Å². The van der Waals surface area contributed by atoms with Crippen LogP contribution in [-0.4, -0.2) is 12.1 Å². The predicted octanol–water partition coefficient (Wildman–Crippen LogP) is 3.70. The van der Waals surface area contributed by atoms with E-state index in [1.807, 2.05) is 18.3 Å². The van der Waals surface area contributed by atoms with Crippen LogP contribution in [0.4, 0.5) is 0 Å². The van der Waals surface area contributed by atoms with E-state index in [9.17, 15) is 0 Å². The molecule has 19 heavy (non-hydrogen) atoms. The second kappa shape index (κ2) is 6.68. The Balaban J connectivity index is 1.99. The minimum absolute atomic E-state index is 0.258. The van der Waals surface area contributed by atoms with Gasteiger partial charge in [-0.2, -0.15) is 0 Å². The van der Waals surface area contributed by atoms with Crippen molar-refractivity contribution in [2.24, 2.45) is 0 Å². The Labute approximate surface area is 122 Å². The molecule has 1 heterocycles. The van der Waals surface area contributed by atoms with Gasteiger partial charge in [0.05, 0.1) is 7.11 Å². The lowest BCUT2D eigenvalue weighted by atomic mass is 10.1. The van der Waals surface area contributed by atoms with Crippen LogP contribution in [0.3, 0.4) is 0 Å². The molecule has 2 rings (SSSR count). The molecule has 1 N–H and O–H groups in total. The van der Waals surface area contributed by atoms with Crippen molar-refractivity contribution in [2.45, 2.75) is 19.5 Å². The van der Waals surface area contributed by atoms with Gasteiger partial charge in [0.1, 0.15) is 5.75 Å². The van der Waals surface area contributed by atoms with Crippen molar-refractivity contribution in [2.75, 3.05) is 7.11 Å². The summed E-state index contributed by atoms with van der Waals surface area (Å²) in [6.45, 7) is 2.92. The maximum absolute atomic E-state index is 5.24. The number of halogens is 1. The van der Waals surface area contributed by atoms with Gasteiger partial charge in [-0.3, -0.25) is 4.98 Å². The van der Waals surface area contributed by atoms with E-state index >= 15 is 0 Å². The van der Waals surface area contributed by atoms with Gasteiger partial charge in [0.2, 0.25) is 0 Å². The third-order valence-corrected chi connectivity index (χ3v) is 3.40. The van der Waals surface area contributed by atoms with Gasteiger partial charge in [0.25, 0.3) is 0 Å². The first-order valence-electron chi connectivity index (χ1n) is 6.16. The number of rotatable bonds is 5. The standard InChI is InChI=1S/C15H17BrN2O/c1-11(13-4-3-5-15(7-13)19-2)18-9-12-6-14(16)10-17-8-12/h3-8,10-11,18H,9H2,1-2H3. The quantitative estimate of drug-likeness (QED) is 0.912. The average molecular weight is 321 g/mol. The minimum atomic E-state index is 0.258. The van der Waals surface area contributed by atoms with Crippen LogP contribution in [0.1, 0.15) is 24.1 Å². The van der Waals surface area contributed by atoms with Crippen LogP contribution >= 0.6 is 15.9 Å². The predicted molar refractivity (Wildman–Crippen MR) is 80.2 cm³/mol. The van der Waals surface area contributed by atoms with Gasteiger partial charge in [0.15, 0.2) is 0 Å². The van der Waals surface area contributed by atoms with E-state index in [0.717, 1.165) is 22.3 Å². The Morgan fingerprint density at radius 1 is 1.32 bits per heavy atom. The zero-order valence-electron chi connectivity index (χ0n) is 11.1. The first-order valence-corrected chi connectivity index (χ1v) is 6.95.